The molecule has 0 aliphatic carbocycles. The van der Waals surface area contributed by atoms with Crippen molar-refractivity contribution in [2.75, 3.05) is 17.6 Å². The van der Waals surface area contributed by atoms with E-state index >= 15 is 0 Å². The third-order valence-corrected chi connectivity index (χ3v) is 7.61. The standard InChI is InChI=1S/C21H18F3N5OS2/c1-10-4-11-7-25-8-12(11)5-14(10)28-20-27-9-13(21(22,23)24)17(29-20)15-6-16-18(32-15)19(30)26-2-3-31-16/h4-6,9,25H,2-3,7-8H2,1H3,(H,26,30)(H,27,28,29). The molecule has 0 bridgehead atoms. The number of carbonyl (C=O) groups excluding carboxylic acids is 1. The van der Waals surface area contributed by atoms with Crippen LogP contribution in [0.1, 0.15) is 31.9 Å². The second-order valence-corrected chi connectivity index (χ2v) is 9.72. The monoisotopic (exact) mass is 477 g/mol. The number of alkyl halides is 3. The van der Waals surface area contributed by atoms with Crippen molar-refractivity contribution in [1.82, 2.24) is 20.6 Å². The van der Waals surface area contributed by atoms with E-state index in [-0.39, 0.29) is 22.4 Å². The lowest BCUT2D eigenvalue weighted by Gasteiger charge is -2.14. The fraction of sp³-hybridized carbons (Fsp3) is 0.286. The number of nitrogens with zero attached hydrogens (tertiary/aromatic N) is 2. The summed E-state index contributed by atoms with van der Waals surface area (Å²) in [5.74, 6) is 0.455. The molecule has 1 amide bonds. The average Bonchev–Trinajstić information content (AvgIpc) is 3.33. The van der Waals surface area contributed by atoms with Gasteiger partial charge in [-0.3, -0.25) is 4.79 Å². The maximum Gasteiger partial charge on any atom is 0.420 e. The van der Waals surface area contributed by atoms with E-state index in [0.717, 1.165) is 47.4 Å². The van der Waals surface area contributed by atoms with Crippen LogP contribution in [-0.4, -0.2) is 28.2 Å². The summed E-state index contributed by atoms with van der Waals surface area (Å²) in [6.45, 7) is 3.99. The van der Waals surface area contributed by atoms with Crippen molar-refractivity contribution in [3.05, 3.63) is 51.5 Å². The molecule has 11 heteroatoms. The Kier molecular flexibility index (Phi) is 5.34. The lowest BCUT2D eigenvalue weighted by Crippen LogP contribution is -2.23. The number of anilines is 2. The predicted molar refractivity (Wildman–Crippen MR) is 118 cm³/mol. The number of amides is 1. The van der Waals surface area contributed by atoms with Crippen molar-refractivity contribution >= 4 is 40.6 Å². The van der Waals surface area contributed by atoms with Crippen LogP contribution in [-0.2, 0) is 19.3 Å². The second kappa shape index (κ2) is 8.05. The number of nitrogens with one attached hydrogen (secondary N) is 3. The third kappa shape index (κ3) is 3.96. The Balaban J connectivity index is 1.56. The number of fused-ring (bicyclic) bond motifs is 2. The number of hydrogen-bond donors (Lipinski definition) is 3. The van der Waals surface area contributed by atoms with Crippen molar-refractivity contribution in [2.24, 2.45) is 0 Å². The highest BCUT2D eigenvalue weighted by Crippen LogP contribution is 2.42. The molecule has 3 N–H and O–H groups in total. The molecule has 0 fully saturated rings. The third-order valence-electron chi connectivity index (χ3n) is 5.30. The summed E-state index contributed by atoms with van der Waals surface area (Å²) in [6, 6.07) is 5.64. The number of aryl methyl sites for hydroxylation is 1. The normalized spacial score (nSPS) is 15.7. The number of thioether (sulfide) groups is 1. The van der Waals surface area contributed by atoms with Crippen molar-refractivity contribution < 1.29 is 18.0 Å². The lowest BCUT2D eigenvalue weighted by molar-refractivity contribution is -0.137. The molecule has 4 heterocycles. The van der Waals surface area contributed by atoms with Crippen LogP contribution in [0.5, 0.6) is 0 Å². The van der Waals surface area contributed by atoms with Gasteiger partial charge < -0.3 is 16.0 Å². The van der Waals surface area contributed by atoms with Crippen molar-refractivity contribution in [1.29, 1.82) is 0 Å². The second-order valence-electron chi connectivity index (χ2n) is 7.53. The quantitative estimate of drug-likeness (QED) is 0.507. The van der Waals surface area contributed by atoms with E-state index < -0.39 is 11.7 Å². The van der Waals surface area contributed by atoms with Gasteiger partial charge >= 0.3 is 6.18 Å². The van der Waals surface area contributed by atoms with Gasteiger partial charge in [-0.2, -0.15) is 13.2 Å². The first-order valence-corrected chi connectivity index (χ1v) is 11.7. The van der Waals surface area contributed by atoms with Gasteiger partial charge in [0.1, 0.15) is 10.4 Å². The predicted octanol–water partition coefficient (Wildman–Crippen LogP) is 4.71. The number of benzene rings is 1. The fourth-order valence-corrected chi connectivity index (χ4v) is 5.93. The van der Waals surface area contributed by atoms with E-state index in [1.54, 1.807) is 6.07 Å². The van der Waals surface area contributed by atoms with E-state index in [0.29, 0.717) is 22.1 Å². The van der Waals surface area contributed by atoms with E-state index in [2.05, 4.69) is 32.0 Å². The maximum atomic E-state index is 13.7. The number of carbonyl (C=O) groups is 1. The van der Waals surface area contributed by atoms with Crippen molar-refractivity contribution in [3.63, 3.8) is 0 Å². The molecule has 1 aromatic carbocycles. The zero-order chi connectivity index (χ0) is 22.5. The Morgan fingerprint density at radius 1 is 1.16 bits per heavy atom. The summed E-state index contributed by atoms with van der Waals surface area (Å²) >= 11 is 2.46. The number of thiophene rings is 1. The average molecular weight is 478 g/mol. The fourth-order valence-electron chi connectivity index (χ4n) is 3.73. The molecular formula is C21H18F3N5OS2. The van der Waals surface area contributed by atoms with Gasteiger partial charge in [-0.05, 0) is 35.7 Å². The van der Waals surface area contributed by atoms with E-state index in [9.17, 15) is 18.0 Å². The Labute approximate surface area is 190 Å². The summed E-state index contributed by atoms with van der Waals surface area (Å²) < 4.78 is 41.2. The van der Waals surface area contributed by atoms with Gasteiger partial charge in [0.2, 0.25) is 5.95 Å². The van der Waals surface area contributed by atoms with Crippen LogP contribution in [0.15, 0.2) is 29.3 Å². The summed E-state index contributed by atoms with van der Waals surface area (Å²) in [5.41, 5.74) is 2.87. The molecule has 2 aliphatic heterocycles. The van der Waals surface area contributed by atoms with Crippen molar-refractivity contribution in [2.45, 2.75) is 31.1 Å². The van der Waals surface area contributed by atoms with E-state index in [1.807, 2.05) is 13.0 Å². The zero-order valence-corrected chi connectivity index (χ0v) is 18.5. The first kappa shape index (κ1) is 21.2. The minimum atomic E-state index is -4.63. The van der Waals surface area contributed by atoms with Crippen LogP contribution in [0.3, 0.4) is 0 Å². The minimum Gasteiger partial charge on any atom is -0.350 e. The van der Waals surface area contributed by atoms with Gasteiger partial charge in [0, 0.05) is 42.2 Å². The van der Waals surface area contributed by atoms with Crippen LogP contribution in [0.2, 0.25) is 0 Å². The van der Waals surface area contributed by atoms with Crippen LogP contribution in [0.4, 0.5) is 24.8 Å². The highest BCUT2D eigenvalue weighted by molar-refractivity contribution is 7.99. The van der Waals surface area contributed by atoms with Gasteiger partial charge in [-0.1, -0.05) is 6.07 Å². The van der Waals surface area contributed by atoms with Gasteiger partial charge in [0.15, 0.2) is 0 Å². The van der Waals surface area contributed by atoms with Gasteiger partial charge in [0.25, 0.3) is 5.91 Å². The minimum absolute atomic E-state index is 0.0719. The largest absolute Gasteiger partial charge is 0.420 e. The number of hydrogen-bond acceptors (Lipinski definition) is 7. The summed E-state index contributed by atoms with van der Waals surface area (Å²) in [6.07, 6.45) is -3.83. The summed E-state index contributed by atoms with van der Waals surface area (Å²) in [5, 5.41) is 9.11. The highest BCUT2D eigenvalue weighted by Gasteiger charge is 2.36. The molecule has 5 rings (SSSR count). The van der Waals surface area contributed by atoms with Crippen molar-refractivity contribution in [3.8, 4) is 10.6 Å². The molecule has 2 aromatic heterocycles. The highest BCUT2D eigenvalue weighted by atomic mass is 32.2. The Morgan fingerprint density at radius 2 is 1.94 bits per heavy atom. The lowest BCUT2D eigenvalue weighted by atomic mass is 10.1. The SMILES string of the molecule is Cc1cc2c(cc1Nc1ncc(C(F)(F)F)c(-c3cc4c(s3)C(=O)NCCS4)n1)CNC2. The summed E-state index contributed by atoms with van der Waals surface area (Å²) in [7, 11) is 0. The van der Waals surface area contributed by atoms with Gasteiger partial charge in [0.05, 0.1) is 10.6 Å². The molecule has 0 atom stereocenters. The number of aromatic nitrogens is 2. The Bertz CT molecular complexity index is 1220. The number of rotatable bonds is 3. The Hall–Kier alpha value is -2.63. The first-order valence-electron chi connectivity index (χ1n) is 9.89. The molecule has 0 radical (unpaired) electrons. The molecule has 0 saturated carbocycles. The molecule has 0 unspecified atom stereocenters. The molecule has 0 saturated heterocycles. The molecule has 166 valence electrons. The van der Waals surface area contributed by atoms with Crippen LogP contribution < -0.4 is 16.0 Å². The van der Waals surface area contributed by atoms with Crippen LogP contribution in [0.25, 0.3) is 10.6 Å². The molecule has 2 aliphatic rings. The van der Waals surface area contributed by atoms with E-state index in [1.165, 1.54) is 17.3 Å². The van der Waals surface area contributed by atoms with Crippen LogP contribution >= 0.6 is 23.1 Å². The van der Waals surface area contributed by atoms with Gasteiger partial charge in [-0.25, -0.2) is 9.97 Å². The molecular weight excluding hydrogens is 459 g/mol. The Morgan fingerprint density at radius 3 is 2.72 bits per heavy atom. The first-order chi connectivity index (χ1) is 15.3. The zero-order valence-electron chi connectivity index (χ0n) is 16.9. The van der Waals surface area contributed by atoms with E-state index in [4.69, 9.17) is 0 Å². The van der Waals surface area contributed by atoms with Crippen LogP contribution in [0, 0.1) is 6.92 Å². The molecule has 32 heavy (non-hydrogen) atoms. The smallest absolute Gasteiger partial charge is 0.350 e. The molecule has 0 spiro atoms. The maximum absolute atomic E-state index is 13.7. The number of halogens is 3. The molecule has 3 aromatic rings. The summed E-state index contributed by atoms with van der Waals surface area (Å²) in [4.78, 5) is 21.8. The van der Waals surface area contributed by atoms with Gasteiger partial charge in [-0.15, -0.1) is 23.1 Å². The topological polar surface area (TPSA) is 78.9 Å². The molecule has 6 nitrogen and oxygen atoms in total.